The zero-order valence-electron chi connectivity index (χ0n) is 12.9. The van der Waals surface area contributed by atoms with Crippen LogP contribution >= 0.6 is 0 Å². The van der Waals surface area contributed by atoms with Gasteiger partial charge < -0.3 is 15.0 Å². The molecule has 2 atom stereocenters. The van der Waals surface area contributed by atoms with Crippen LogP contribution in [0.15, 0.2) is 4.52 Å². The summed E-state index contributed by atoms with van der Waals surface area (Å²) in [5, 5.41) is 4.05. The van der Waals surface area contributed by atoms with Gasteiger partial charge in [0.1, 0.15) is 6.10 Å². The molecule has 0 amide bonds. The molecule has 0 spiro atoms. The highest BCUT2D eigenvalue weighted by Gasteiger charge is 2.27. The van der Waals surface area contributed by atoms with Crippen molar-refractivity contribution in [1.29, 1.82) is 0 Å². The predicted molar refractivity (Wildman–Crippen MR) is 76.2 cm³/mol. The second-order valence-electron chi connectivity index (χ2n) is 6.48. The van der Waals surface area contributed by atoms with E-state index in [-0.39, 0.29) is 17.6 Å². The van der Waals surface area contributed by atoms with Crippen LogP contribution in [0.4, 0.5) is 0 Å². The minimum Gasteiger partial charge on any atom is -0.367 e. The zero-order chi connectivity index (χ0) is 14.8. The summed E-state index contributed by atoms with van der Waals surface area (Å²) in [4.78, 5) is 6.77. The fourth-order valence-corrected chi connectivity index (χ4v) is 2.12. The number of morpholine rings is 1. The number of rotatable bonds is 4. The minimum atomic E-state index is -0.0907. The maximum atomic E-state index is 6.15. The van der Waals surface area contributed by atoms with Gasteiger partial charge in [0, 0.05) is 25.6 Å². The fourth-order valence-electron chi connectivity index (χ4n) is 2.12. The third-order valence-electron chi connectivity index (χ3n) is 3.88. The van der Waals surface area contributed by atoms with E-state index in [9.17, 15) is 0 Å². The number of ether oxygens (including phenoxy) is 1. The van der Waals surface area contributed by atoms with Crippen molar-refractivity contribution in [3.05, 3.63) is 11.7 Å². The van der Waals surface area contributed by atoms with E-state index in [1.807, 2.05) is 0 Å². The first-order valence-electron chi connectivity index (χ1n) is 7.32. The van der Waals surface area contributed by atoms with E-state index in [1.54, 1.807) is 0 Å². The molecule has 2 heterocycles. The topological polar surface area (TPSA) is 77.4 Å². The Kier molecular flexibility index (Phi) is 4.78. The minimum absolute atomic E-state index is 0.00443. The van der Waals surface area contributed by atoms with Crippen LogP contribution < -0.4 is 5.73 Å². The van der Waals surface area contributed by atoms with Crippen LogP contribution in [0, 0.1) is 5.41 Å². The highest BCUT2D eigenvalue weighted by atomic mass is 16.5. The molecule has 0 bridgehead atoms. The summed E-state index contributed by atoms with van der Waals surface area (Å²) in [7, 11) is 0. The average molecular weight is 282 g/mol. The standard InChI is InChI=1S/C14H26N4O2/c1-5-18-6-7-19-10(9-18)13-16-12(20-17-13)8-11(15)14(2,3)4/h10-11H,5-9,15H2,1-4H3. The maximum Gasteiger partial charge on any atom is 0.228 e. The molecule has 114 valence electrons. The summed E-state index contributed by atoms with van der Waals surface area (Å²) in [6.07, 6.45) is 0.507. The molecule has 1 fully saturated rings. The van der Waals surface area contributed by atoms with Gasteiger partial charge in [0.15, 0.2) is 0 Å². The molecule has 1 aliphatic heterocycles. The van der Waals surface area contributed by atoms with Crippen molar-refractivity contribution >= 4 is 0 Å². The number of hydrogen-bond acceptors (Lipinski definition) is 6. The molecule has 1 saturated heterocycles. The maximum absolute atomic E-state index is 6.15. The third kappa shape index (κ3) is 3.77. The largest absolute Gasteiger partial charge is 0.367 e. The second kappa shape index (κ2) is 6.20. The van der Waals surface area contributed by atoms with Crippen LogP contribution in [0.5, 0.6) is 0 Å². The van der Waals surface area contributed by atoms with E-state index in [0.717, 1.165) is 19.6 Å². The first-order chi connectivity index (χ1) is 9.40. The van der Waals surface area contributed by atoms with E-state index in [4.69, 9.17) is 15.0 Å². The van der Waals surface area contributed by atoms with Crippen LogP contribution in [0.1, 0.15) is 45.5 Å². The summed E-state index contributed by atoms with van der Waals surface area (Å²) in [6, 6.07) is -0.00443. The highest BCUT2D eigenvalue weighted by molar-refractivity contribution is 4.96. The summed E-state index contributed by atoms with van der Waals surface area (Å²) in [5.74, 6) is 1.24. The number of likely N-dealkylation sites (N-methyl/N-ethyl adjacent to an activating group) is 1. The molecule has 0 saturated carbocycles. The number of aromatic nitrogens is 2. The Bertz CT molecular complexity index is 427. The molecule has 2 unspecified atom stereocenters. The molecule has 1 aromatic rings. The second-order valence-corrected chi connectivity index (χ2v) is 6.48. The van der Waals surface area contributed by atoms with Gasteiger partial charge in [-0.05, 0) is 12.0 Å². The van der Waals surface area contributed by atoms with Crippen LogP contribution in [0.25, 0.3) is 0 Å². The highest BCUT2D eigenvalue weighted by Crippen LogP contribution is 2.22. The van der Waals surface area contributed by atoms with Crippen molar-refractivity contribution in [3.63, 3.8) is 0 Å². The molecular formula is C14H26N4O2. The number of nitrogens with zero attached hydrogens (tertiary/aromatic N) is 3. The molecule has 1 aromatic heterocycles. The van der Waals surface area contributed by atoms with Gasteiger partial charge in [-0.3, -0.25) is 4.90 Å². The molecule has 2 N–H and O–H groups in total. The van der Waals surface area contributed by atoms with E-state index in [1.165, 1.54) is 0 Å². The van der Waals surface area contributed by atoms with E-state index >= 15 is 0 Å². The Labute approximate surface area is 120 Å². The summed E-state index contributed by atoms with van der Waals surface area (Å²) >= 11 is 0. The summed E-state index contributed by atoms with van der Waals surface area (Å²) in [6.45, 7) is 12.0. The summed E-state index contributed by atoms with van der Waals surface area (Å²) in [5.41, 5.74) is 6.17. The Balaban J connectivity index is 1.98. The van der Waals surface area contributed by atoms with Crippen LogP contribution in [0.2, 0.25) is 0 Å². The Morgan fingerprint density at radius 2 is 2.20 bits per heavy atom. The molecular weight excluding hydrogens is 256 g/mol. The quantitative estimate of drug-likeness (QED) is 0.899. The van der Waals surface area contributed by atoms with Crippen molar-refractivity contribution in [3.8, 4) is 0 Å². The van der Waals surface area contributed by atoms with Gasteiger partial charge in [0.2, 0.25) is 11.7 Å². The van der Waals surface area contributed by atoms with Crippen molar-refractivity contribution in [2.45, 2.75) is 46.3 Å². The van der Waals surface area contributed by atoms with Gasteiger partial charge in [0.05, 0.1) is 6.61 Å². The first kappa shape index (κ1) is 15.4. The lowest BCUT2D eigenvalue weighted by molar-refractivity contribution is -0.0334. The smallest absolute Gasteiger partial charge is 0.228 e. The lowest BCUT2D eigenvalue weighted by Gasteiger charge is -2.30. The van der Waals surface area contributed by atoms with Crippen LogP contribution in [0.3, 0.4) is 0 Å². The molecule has 0 aromatic carbocycles. The van der Waals surface area contributed by atoms with E-state index < -0.39 is 0 Å². The number of hydrogen-bond donors (Lipinski definition) is 1. The Morgan fingerprint density at radius 3 is 2.85 bits per heavy atom. The van der Waals surface area contributed by atoms with Gasteiger partial charge >= 0.3 is 0 Å². The van der Waals surface area contributed by atoms with Crippen molar-refractivity contribution in [2.75, 3.05) is 26.2 Å². The first-order valence-corrected chi connectivity index (χ1v) is 7.32. The Hall–Kier alpha value is -0.980. The van der Waals surface area contributed by atoms with Crippen molar-refractivity contribution < 1.29 is 9.26 Å². The zero-order valence-corrected chi connectivity index (χ0v) is 12.9. The van der Waals surface area contributed by atoms with Crippen LogP contribution in [-0.4, -0.2) is 47.3 Å². The molecule has 20 heavy (non-hydrogen) atoms. The number of nitrogens with two attached hydrogens (primary N) is 1. The third-order valence-corrected chi connectivity index (χ3v) is 3.88. The Morgan fingerprint density at radius 1 is 1.45 bits per heavy atom. The molecule has 1 aliphatic rings. The van der Waals surface area contributed by atoms with Gasteiger partial charge in [-0.15, -0.1) is 0 Å². The SMILES string of the molecule is CCN1CCOC(c2noc(CC(N)C(C)(C)C)n2)C1. The molecule has 6 nitrogen and oxygen atoms in total. The predicted octanol–water partition coefficient (Wildman–Crippen LogP) is 1.38. The van der Waals surface area contributed by atoms with Crippen molar-refractivity contribution in [1.82, 2.24) is 15.0 Å². The van der Waals surface area contributed by atoms with Crippen molar-refractivity contribution in [2.24, 2.45) is 11.1 Å². The monoisotopic (exact) mass is 282 g/mol. The lowest BCUT2D eigenvalue weighted by Crippen LogP contribution is -2.38. The fraction of sp³-hybridized carbons (Fsp3) is 0.857. The lowest BCUT2D eigenvalue weighted by atomic mass is 9.85. The van der Waals surface area contributed by atoms with Gasteiger partial charge in [0.25, 0.3) is 0 Å². The van der Waals surface area contributed by atoms with E-state index in [2.05, 4.69) is 42.7 Å². The van der Waals surface area contributed by atoms with Gasteiger partial charge in [-0.25, -0.2) is 0 Å². The molecule has 0 aliphatic carbocycles. The van der Waals surface area contributed by atoms with Gasteiger partial charge in [-0.2, -0.15) is 4.98 Å². The van der Waals surface area contributed by atoms with E-state index in [0.29, 0.717) is 24.7 Å². The molecule has 2 rings (SSSR count). The average Bonchev–Trinajstić information content (AvgIpc) is 2.86. The molecule has 6 heteroatoms. The van der Waals surface area contributed by atoms with Crippen LogP contribution in [-0.2, 0) is 11.2 Å². The normalized spacial score (nSPS) is 22.9. The van der Waals surface area contributed by atoms with Gasteiger partial charge in [-0.1, -0.05) is 32.9 Å². The molecule has 0 radical (unpaired) electrons. The summed E-state index contributed by atoms with van der Waals surface area (Å²) < 4.78 is 11.0.